The summed E-state index contributed by atoms with van der Waals surface area (Å²) in [7, 11) is 0. The Morgan fingerprint density at radius 1 is 0.900 bits per heavy atom. The van der Waals surface area contributed by atoms with Crippen LogP contribution in [0.4, 0.5) is 0 Å². The lowest BCUT2D eigenvalue weighted by molar-refractivity contribution is -0.593. The summed E-state index contributed by atoms with van der Waals surface area (Å²) in [5, 5.41) is 0. The van der Waals surface area contributed by atoms with Crippen molar-refractivity contribution in [3.63, 3.8) is 0 Å². The molecule has 50 valence electrons. The van der Waals surface area contributed by atoms with E-state index in [4.69, 9.17) is 0 Å². The van der Waals surface area contributed by atoms with Gasteiger partial charge in [-0.15, -0.1) is 0 Å². The second-order valence-electron chi connectivity index (χ2n) is 5.00. The van der Waals surface area contributed by atoms with E-state index in [1.54, 1.807) is 0 Å². The van der Waals surface area contributed by atoms with Crippen molar-refractivity contribution in [1.29, 1.82) is 0 Å². The molecule has 0 unspecified atom stereocenters. The molecule has 6 aliphatic carbocycles. The summed E-state index contributed by atoms with van der Waals surface area (Å²) >= 11 is 0. The van der Waals surface area contributed by atoms with Crippen LogP contribution >= 0.6 is 0 Å². The minimum absolute atomic E-state index is 0.328. The van der Waals surface area contributed by atoms with Gasteiger partial charge in [0.2, 0.25) is 0 Å². The highest BCUT2D eigenvalue weighted by Gasteiger charge is 3.04. The molecule has 0 N–H and O–H groups in total. The molecular formula is C9H8O. The molecule has 0 aromatic carbocycles. The van der Waals surface area contributed by atoms with Gasteiger partial charge in [0.05, 0.1) is 0 Å². The highest BCUT2D eigenvalue weighted by Crippen LogP contribution is 3.05. The zero-order valence-corrected chi connectivity index (χ0v) is 5.53. The molecule has 0 atom stereocenters. The predicted octanol–water partition coefficient (Wildman–Crippen LogP) is 0.553. The van der Waals surface area contributed by atoms with Crippen LogP contribution < -0.4 is 0 Å². The molecule has 1 heteroatoms. The van der Waals surface area contributed by atoms with Crippen molar-refractivity contribution < 1.29 is 4.79 Å². The van der Waals surface area contributed by atoms with Gasteiger partial charge in [-0.25, -0.2) is 0 Å². The van der Waals surface area contributed by atoms with Crippen molar-refractivity contribution in [1.82, 2.24) is 0 Å². The summed E-state index contributed by atoms with van der Waals surface area (Å²) < 4.78 is 0. The van der Waals surface area contributed by atoms with E-state index >= 15 is 0 Å². The van der Waals surface area contributed by atoms with Crippen LogP contribution in [0, 0.1) is 46.8 Å². The van der Waals surface area contributed by atoms with Crippen molar-refractivity contribution in [2.24, 2.45) is 46.8 Å². The van der Waals surface area contributed by atoms with Gasteiger partial charge in [-0.3, -0.25) is 0 Å². The molecule has 0 heterocycles. The first-order chi connectivity index (χ1) is 4.93. The third kappa shape index (κ3) is 0.106. The maximum atomic E-state index is 10.8. The fourth-order valence-electron chi connectivity index (χ4n) is 5.76. The third-order valence-corrected chi connectivity index (χ3v) is 5.76. The Kier molecular flexibility index (Phi) is 0.259. The lowest BCUT2D eigenvalue weighted by atomic mass is 8.97. The minimum Gasteiger partial charge on any atom is -0.303 e. The van der Waals surface area contributed by atoms with E-state index in [0.29, 0.717) is 5.41 Å². The van der Waals surface area contributed by atoms with E-state index in [1.165, 1.54) is 6.29 Å². The SMILES string of the molecule is O=CC12C3C4C5C3C1C5C42. The molecule has 1 nitrogen and oxygen atoms in total. The molecule has 0 saturated heterocycles. The second kappa shape index (κ2) is 0.666. The summed E-state index contributed by atoms with van der Waals surface area (Å²) in [5.74, 6) is 7.16. The van der Waals surface area contributed by atoms with Gasteiger partial charge >= 0.3 is 0 Å². The molecule has 0 aliphatic heterocycles. The normalized spacial score (nSPS) is 95.8. The van der Waals surface area contributed by atoms with Crippen LogP contribution in [0.25, 0.3) is 0 Å². The summed E-state index contributed by atoms with van der Waals surface area (Å²) in [6.45, 7) is 0. The first kappa shape index (κ1) is 3.89. The maximum Gasteiger partial charge on any atom is 0.127 e. The van der Waals surface area contributed by atoms with E-state index in [1.807, 2.05) is 0 Å². The molecule has 6 saturated carbocycles. The maximum absolute atomic E-state index is 10.8. The number of carbonyl (C=O) groups excluding carboxylic acids is 1. The van der Waals surface area contributed by atoms with E-state index < -0.39 is 0 Å². The fourth-order valence-corrected chi connectivity index (χ4v) is 5.76. The molecule has 0 amide bonds. The molecule has 0 spiro atoms. The lowest BCUT2D eigenvalue weighted by Gasteiger charge is -3.06. The molecule has 6 rings (SSSR count). The van der Waals surface area contributed by atoms with Crippen LogP contribution in [-0.4, -0.2) is 6.29 Å². The van der Waals surface area contributed by atoms with Crippen molar-refractivity contribution in [3.8, 4) is 0 Å². The Morgan fingerprint density at radius 2 is 1.40 bits per heavy atom. The quantitative estimate of drug-likeness (QED) is 0.476. The van der Waals surface area contributed by atoms with Gasteiger partial charge in [0, 0.05) is 5.41 Å². The first-order valence-electron chi connectivity index (χ1n) is 4.39. The summed E-state index contributed by atoms with van der Waals surface area (Å²) in [5.41, 5.74) is 0.328. The molecular weight excluding hydrogens is 124 g/mol. The highest BCUT2D eigenvalue weighted by atomic mass is 16.1. The van der Waals surface area contributed by atoms with E-state index in [9.17, 15) is 4.79 Å². The molecule has 0 aromatic heterocycles. The Balaban J connectivity index is 1.85. The van der Waals surface area contributed by atoms with Gasteiger partial charge in [-0.2, -0.15) is 0 Å². The Bertz CT molecular complexity index is 242. The van der Waals surface area contributed by atoms with Crippen LogP contribution in [0.5, 0.6) is 0 Å². The largest absolute Gasteiger partial charge is 0.303 e. The van der Waals surface area contributed by atoms with Crippen LogP contribution in [0.1, 0.15) is 0 Å². The number of rotatable bonds is 1. The standard InChI is InChI=1S/C9H8O/c10-1-9-6-3-2-4(6)8(9)5(2)7(3)9/h1-8H. The van der Waals surface area contributed by atoms with Crippen LogP contribution in [0.3, 0.4) is 0 Å². The topological polar surface area (TPSA) is 17.1 Å². The van der Waals surface area contributed by atoms with Crippen molar-refractivity contribution in [2.75, 3.05) is 0 Å². The third-order valence-electron chi connectivity index (χ3n) is 5.76. The monoisotopic (exact) mass is 132 g/mol. The van der Waals surface area contributed by atoms with Crippen LogP contribution in [0.2, 0.25) is 0 Å². The van der Waals surface area contributed by atoms with Crippen LogP contribution in [0.15, 0.2) is 0 Å². The van der Waals surface area contributed by atoms with E-state index in [0.717, 1.165) is 41.4 Å². The molecule has 6 fully saturated rings. The second-order valence-corrected chi connectivity index (χ2v) is 5.00. The van der Waals surface area contributed by atoms with E-state index in [2.05, 4.69) is 0 Å². The van der Waals surface area contributed by atoms with Gasteiger partial charge < -0.3 is 4.79 Å². The summed E-state index contributed by atoms with van der Waals surface area (Å²) in [6.07, 6.45) is 1.31. The molecule has 0 radical (unpaired) electrons. The zero-order valence-electron chi connectivity index (χ0n) is 5.53. The fraction of sp³-hybridized carbons (Fsp3) is 0.889. The van der Waals surface area contributed by atoms with Crippen molar-refractivity contribution in [2.45, 2.75) is 0 Å². The van der Waals surface area contributed by atoms with Gasteiger partial charge in [-0.1, -0.05) is 0 Å². The highest BCUT2D eigenvalue weighted by molar-refractivity contribution is 5.76. The number of carbonyl (C=O) groups is 1. The minimum atomic E-state index is 0.328. The Labute approximate surface area is 58.8 Å². The molecule has 0 bridgehead atoms. The van der Waals surface area contributed by atoms with E-state index in [-0.39, 0.29) is 0 Å². The van der Waals surface area contributed by atoms with Crippen LogP contribution in [-0.2, 0) is 4.79 Å². The average molecular weight is 132 g/mol. The molecule has 6 aliphatic rings. The Morgan fingerprint density at radius 3 is 1.70 bits per heavy atom. The summed E-state index contributed by atoms with van der Waals surface area (Å²) in [6, 6.07) is 0. The number of hydrogen-bond donors (Lipinski definition) is 0. The number of hydrogen-bond acceptors (Lipinski definition) is 1. The number of aldehydes is 1. The zero-order chi connectivity index (χ0) is 6.25. The average Bonchev–Trinajstić information content (AvgIpc) is 2.05. The summed E-state index contributed by atoms with van der Waals surface area (Å²) in [4.78, 5) is 10.8. The molecule has 10 heavy (non-hydrogen) atoms. The Hall–Kier alpha value is -0.330. The van der Waals surface area contributed by atoms with Gasteiger partial charge in [-0.05, 0) is 41.4 Å². The van der Waals surface area contributed by atoms with Crippen molar-refractivity contribution >= 4 is 6.29 Å². The first-order valence-corrected chi connectivity index (χ1v) is 4.39. The predicted molar refractivity (Wildman–Crippen MR) is 32.9 cm³/mol. The van der Waals surface area contributed by atoms with Gasteiger partial charge in [0.15, 0.2) is 0 Å². The van der Waals surface area contributed by atoms with Crippen molar-refractivity contribution in [3.05, 3.63) is 0 Å². The van der Waals surface area contributed by atoms with Gasteiger partial charge in [0.25, 0.3) is 0 Å². The molecule has 0 aromatic rings. The van der Waals surface area contributed by atoms with Gasteiger partial charge in [0.1, 0.15) is 6.29 Å². The smallest absolute Gasteiger partial charge is 0.127 e. The lowest BCUT2D eigenvalue weighted by Crippen LogP contribution is -3.05.